The molecule has 0 N–H and O–H groups in total. The summed E-state index contributed by atoms with van der Waals surface area (Å²) < 4.78 is 0. The molecule has 0 atom stereocenters. The zero-order chi connectivity index (χ0) is 17.1. The molecule has 0 saturated carbocycles. The van der Waals surface area contributed by atoms with Crippen molar-refractivity contribution in [1.82, 2.24) is 19.6 Å². The molecule has 6 nitrogen and oxygen atoms in total. The lowest BCUT2D eigenvalue weighted by Gasteiger charge is -2.33. The molecule has 130 valence electrons. The maximum absolute atomic E-state index is 12.5. The highest BCUT2D eigenvalue weighted by Gasteiger charge is 2.31. The fraction of sp³-hybridized carbons (Fsp3) is 0.529. The highest BCUT2D eigenvalue weighted by molar-refractivity contribution is 6.30. The zero-order valence-electron chi connectivity index (χ0n) is 13.9. The van der Waals surface area contributed by atoms with Crippen LogP contribution in [0.15, 0.2) is 24.3 Å². The molecule has 24 heavy (non-hydrogen) atoms. The van der Waals surface area contributed by atoms with E-state index in [1.54, 1.807) is 9.80 Å². The van der Waals surface area contributed by atoms with Crippen LogP contribution in [0.25, 0.3) is 0 Å². The number of nitrogens with zero attached hydrogens (tertiary/aromatic N) is 4. The van der Waals surface area contributed by atoms with Crippen LogP contribution in [-0.4, -0.2) is 84.4 Å². The molecule has 0 radical (unpaired) electrons. The first-order valence-corrected chi connectivity index (χ1v) is 8.65. The van der Waals surface area contributed by atoms with E-state index in [-0.39, 0.29) is 18.5 Å². The van der Waals surface area contributed by atoms with Crippen molar-refractivity contribution in [2.45, 2.75) is 6.54 Å². The summed E-state index contributed by atoms with van der Waals surface area (Å²) >= 11 is 5.89. The summed E-state index contributed by atoms with van der Waals surface area (Å²) in [4.78, 5) is 32.4. The molecule has 3 rings (SSSR count). The van der Waals surface area contributed by atoms with Gasteiger partial charge in [0.1, 0.15) is 6.54 Å². The third kappa shape index (κ3) is 3.99. The minimum Gasteiger partial charge on any atom is -0.339 e. The van der Waals surface area contributed by atoms with Gasteiger partial charge in [-0.2, -0.15) is 0 Å². The van der Waals surface area contributed by atoms with Crippen LogP contribution < -0.4 is 0 Å². The summed E-state index contributed by atoms with van der Waals surface area (Å²) in [7, 11) is 2.06. The Kier molecular flexibility index (Phi) is 5.26. The number of carbonyl (C=O) groups excluding carboxylic acids is 2. The molecule has 1 aromatic rings. The number of hydrogen-bond donors (Lipinski definition) is 0. The van der Waals surface area contributed by atoms with Crippen LogP contribution in [0.4, 0.5) is 4.79 Å². The highest BCUT2D eigenvalue weighted by atomic mass is 35.5. The van der Waals surface area contributed by atoms with Crippen molar-refractivity contribution in [3.63, 3.8) is 0 Å². The molecule has 3 amide bonds. The summed E-state index contributed by atoms with van der Waals surface area (Å²) in [6.07, 6.45) is 0. The van der Waals surface area contributed by atoms with Crippen molar-refractivity contribution in [2.24, 2.45) is 0 Å². The molecular weight excluding hydrogens is 328 g/mol. The molecule has 2 fully saturated rings. The standard InChI is InChI=1S/C17H23ClN4O2/c1-19-6-8-20(9-7-19)16(23)13-22-11-10-21(17(22)24)12-14-2-4-15(18)5-3-14/h2-5H,6-13H2,1H3. The number of rotatable bonds is 4. The molecule has 2 aliphatic heterocycles. The summed E-state index contributed by atoms with van der Waals surface area (Å²) in [6.45, 7) is 5.25. The quantitative estimate of drug-likeness (QED) is 0.823. The number of piperazine rings is 1. The predicted molar refractivity (Wildman–Crippen MR) is 92.9 cm³/mol. The number of amides is 3. The molecule has 0 spiro atoms. The van der Waals surface area contributed by atoms with E-state index < -0.39 is 0 Å². The Morgan fingerprint density at radius 3 is 2.29 bits per heavy atom. The van der Waals surface area contributed by atoms with Crippen LogP contribution in [0.2, 0.25) is 5.02 Å². The van der Waals surface area contributed by atoms with Gasteiger partial charge in [-0.3, -0.25) is 4.79 Å². The van der Waals surface area contributed by atoms with Gasteiger partial charge < -0.3 is 19.6 Å². The lowest BCUT2D eigenvalue weighted by atomic mass is 10.2. The molecule has 2 aliphatic rings. The van der Waals surface area contributed by atoms with Crippen molar-refractivity contribution < 1.29 is 9.59 Å². The summed E-state index contributed by atoms with van der Waals surface area (Å²) in [5.74, 6) is 0.0461. The number of urea groups is 1. The molecule has 0 aromatic heterocycles. The molecule has 0 unspecified atom stereocenters. The smallest absolute Gasteiger partial charge is 0.320 e. The van der Waals surface area contributed by atoms with Crippen LogP contribution in [0, 0.1) is 0 Å². The first-order chi connectivity index (χ1) is 11.5. The molecule has 7 heteroatoms. The van der Waals surface area contributed by atoms with Crippen molar-refractivity contribution in [3.05, 3.63) is 34.9 Å². The van der Waals surface area contributed by atoms with Crippen molar-refractivity contribution in [3.8, 4) is 0 Å². The van der Waals surface area contributed by atoms with E-state index in [0.717, 1.165) is 31.7 Å². The number of halogens is 1. The summed E-state index contributed by atoms with van der Waals surface area (Å²) in [6, 6.07) is 7.44. The van der Waals surface area contributed by atoms with Crippen LogP contribution in [-0.2, 0) is 11.3 Å². The topological polar surface area (TPSA) is 47.1 Å². The van der Waals surface area contributed by atoms with Crippen LogP contribution in [0.1, 0.15) is 5.56 Å². The largest absolute Gasteiger partial charge is 0.339 e. The summed E-state index contributed by atoms with van der Waals surface area (Å²) in [5, 5.41) is 0.686. The lowest BCUT2D eigenvalue weighted by molar-refractivity contribution is -0.133. The third-order valence-electron chi connectivity index (χ3n) is 4.65. The average Bonchev–Trinajstić information content (AvgIpc) is 2.91. The minimum atomic E-state index is -0.0626. The maximum atomic E-state index is 12.5. The first kappa shape index (κ1) is 17.0. The van der Waals surface area contributed by atoms with E-state index >= 15 is 0 Å². The summed E-state index contributed by atoms with van der Waals surface area (Å²) in [5.41, 5.74) is 1.04. The van der Waals surface area contributed by atoms with Gasteiger partial charge >= 0.3 is 6.03 Å². The fourth-order valence-electron chi connectivity index (χ4n) is 3.06. The van der Waals surface area contributed by atoms with E-state index in [1.807, 2.05) is 29.2 Å². The minimum absolute atomic E-state index is 0.0461. The number of carbonyl (C=O) groups is 2. The molecule has 2 heterocycles. The van der Waals surface area contributed by atoms with Crippen molar-refractivity contribution in [2.75, 3.05) is 52.9 Å². The number of hydrogen-bond acceptors (Lipinski definition) is 3. The molecule has 0 bridgehead atoms. The number of likely N-dealkylation sites (N-methyl/N-ethyl adjacent to an activating group) is 1. The van der Waals surface area contributed by atoms with Gasteiger partial charge in [-0.25, -0.2) is 4.79 Å². The van der Waals surface area contributed by atoms with E-state index in [2.05, 4.69) is 11.9 Å². The normalized spacial score (nSPS) is 19.2. The van der Waals surface area contributed by atoms with Gasteiger partial charge in [-0.1, -0.05) is 23.7 Å². The Bertz CT molecular complexity index is 599. The van der Waals surface area contributed by atoms with Gasteiger partial charge in [0.05, 0.1) is 0 Å². The predicted octanol–water partition coefficient (Wildman–Crippen LogP) is 1.35. The van der Waals surface area contributed by atoms with Gasteiger partial charge in [-0.15, -0.1) is 0 Å². The first-order valence-electron chi connectivity index (χ1n) is 8.27. The Balaban J connectivity index is 1.52. The Morgan fingerprint density at radius 1 is 1.00 bits per heavy atom. The molecule has 0 aliphatic carbocycles. The SMILES string of the molecule is CN1CCN(C(=O)CN2CCN(Cc3ccc(Cl)cc3)C2=O)CC1. The second kappa shape index (κ2) is 7.40. The average molecular weight is 351 g/mol. The van der Waals surface area contributed by atoms with E-state index in [9.17, 15) is 9.59 Å². The van der Waals surface area contributed by atoms with Gasteiger partial charge in [0.25, 0.3) is 0 Å². The van der Waals surface area contributed by atoms with Crippen molar-refractivity contribution >= 4 is 23.5 Å². The molecular formula is C17H23ClN4O2. The molecule has 2 saturated heterocycles. The van der Waals surface area contributed by atoms with Gasteiger partial charge in [-0.05, 0) is 24.7 Å². The maximum Gasteiger partial charge on any atom is 0.320 e. The Hall–Kier alpha value is -1.79. The number of benzene rings is 1. The highest BCUT2D eigenvalue weighted by Crippen LogP contribution is 2.16. The third-order valence-corrected chi connectivity index (χ3v) is 4.90. The van der Waals surface area contributed by atoms with Gasteiger partial charge in [0.2, 0.25) is 5.91 Å². The van der Waals surface area contributed by atoms with Gasteiger partial charge in [0.15, 0.2) is 0 Å². The van der Waals surface area contributed by atoms with Gasteiger partial charge in [0, 0.05) is 50.8 Å². The monoisotopic (exact) mass is 350 g/mol. The molecule has 1 aromatic carbocycles. The second-order valence-corrected chi connectivity index (χ2v) is 6.87. The Morgan fingerprint density at radius 2 is 1.62 bits per heavy atom. The van der Waals surface area contributed by atoms with E-state index in [1.165, 1.54) is 0 Å². The lowest BCUT2D eigenvalue weighted by Crippen LogP contribution is -2.50. The van der Waals surface area contributed by atoms with Crippen molar-refractivity contribution in [1.29, 1.82) is 0 Å². The van der Waals surface area contributed by atoms with Crippen LogP contribution >= 0.6 is 11.6 Å². The second-order valence-electron chi connectivity index (χ2n) is 6.44. The van der Waals surface area contributed by atoms with Crippen LogP contribution in [0.5, 0.6) is 0 Å². The zero-order valence-corrected chi connectivity index (χ0v) is 14.7. The van der Waals surface area contributed by atoms with E-state index in [0.29, 0.717) is 24.7 Å². The van der Waals surface area contributed by atoms with Crippen LogP contribution in [0.3, 0.4) is 0 Å². The van der Waals surface area contributed by atoms with E-state index in [4.69, 9.17) is 11.6 Å². The Labute approximate surface area is 147 Å². The fourth-order valence-corrected chi connectivity index (χ4v) is 3.18.